The molecule has 2 atom stereocenters. The lowest BCUT2D eigenvalue weighted by Crippen LogP contribution is -2.50. The first-order valence-electron chi connectivity index (χ1n) is 19.1. The summed E-state index contributed by atoms with van der Waals surface area (Å²) in [6.07, 6.45) is -1.22. The third-order valence-electron chi connectivity index (χ3n) is 10.9. The molecule has 6 rings (SSSR count). The Morgan fingerprint density at radius 3 is 2.26 bits per heavy atom. The van der Waals surface area contributed by atoms with Gasteiger partial charge in [-0.15, -0.1) is 12.4 Å². The lowest BCUT2D eigenvalue weighted by Gasteiger charge is -2.36. The van der Waals surface area contributed by atoms with Crippen LogP contribution in [0.2, 0.25) is 0 Å². The number of benzene rings is 4. The molecule has 1 heterocycles. The van der Waals surface area contributed by atoms with Crippen molar-refractivity contribution in [1.82, 2.24) is 15.5 Å². The number of fused-ring (bicyclic) bond motifs is 1. The zero-order valence-corrected chi connectivity index (χ0v) is 32.6. The summed E-state index contributed by atoms with van der Waals surface area (Å²) in [5, 5.41) is 27.4. The van der Waals surface area contributed by atoms with Crippen LogP contribution in [0.5, 0.6) is 0 Å². The van der Waals surface area contributed by atoms with Gasteiger partial charge in [0.2, 0.25) is 0 Å². The Balaban J connectivity index is 0.00000620. The van der Waals surface area contributed by atoms with Crippen LogP contribution in [0.1, 0.15) is 101 Å². The second-order valence-electron chi connectivity index (χ2n) is 14.9. The van der Waals surface area contributed by atoms with Crippen LogP contribution in [-0.2, 0) is 24.6 Å². The molecule has 0 spiro atoms. The fraction of sp³-hybridized carbons (Fsp3) is 0.386. The molecule has 1 fully saturated rings. The van der Waals surface area contributed by atoms with E-state index in [1.54, 1.807) is 42.5 Å². The van der Waals surface area contributed by atoms with Crippen molar-refractivity contribution in [2.45, 2.75) is 95.1 Å². The molecule has 0 aromatic heterocycles. The van der Waals surface area contributed by atoms with Crippen LogP contribution in [0.3, 0.4) is 0 Å². The van der Waals surface area contributed by atoms with E-state index in [9.17, 15) is 41.9 Å². The number of carbonyl (C=O) groups is 2. The summed E-state index contributed by atoms with van der Waals surface area (Å²) in [4.78, 5) is 30.6. The van der Waals surface area contributed by atoms with Crippen molar-refractivity contribution in [3.63, 3.8) is 0 Å². The topological polar surface area (TPSA) is 105 Å². The Morgan fingerprint density at radius 2 is 1.63 bits per heavy atom. The molecule has 57 heavy (non-hydrogen) atoms. The second kappa shape index (κ2) is 18.2. The standard InChI is InChI=1S/C44H45F5N4O3.ClH/c1-3-7-35(8-4-2)53-16-13-36-37(21-30(22-38(36)42(53)56)29-10-5-9-27(17-29)25-50)41(55)52-39(20-28-18-33(45)24-34(46)19-28)40(54)26-51-43(14-15-43)31-11-6-12-32(23-31)44(47,48)49;/h5-6,9-12,17-19,21-24,35,39-40,51,54H,3-4,7-8,13-16,20,26H2,1-2H3,(H,52,55);1H/t39-,40-;/m0./s1. The van der Waals surface area contributed by atoms with Gasteiger partial charge in [-0.25, -0.2) is 8.78 Å². The Kier molecular flexibility index (Phi) is 13.8. The van der Waals surface area contributed by atoms with E-state index in [0.29, 0.717) is 65.3 Å². The second-order valence-corrected chi connectivity index (χ2v) is 14.9. The molecular formula is C44H46ClF5N4O3. The number of hydrogen-bond donors (Lipinski definition) is 3. The van der Waals surface area contributed by atoms with Crippen molar-refractivity contribution in [2.24, 2.45) is 0 Å². The van der Waals surface area contributed by atoms with E-state index in [0.717, 1.165) is 49.9 Å². The molecule has 0 saturated heterocycles. The van der Waals surface area contributed by atoms with Gasteiger partial charge >= 0.3 is 6.18 Å². The minimum Gasteiger partial charge on any atom is -0.390 e. The largest absolute Gasteiger partial charge is 0.416 e. The Labute approximate surface area is 335 Å². The molecule has 4 aromatic carbocycles. The number of halogens is 6. The summed E-state index contributed by atoms with van der Waals surface area (Å²) >= 11 is 0. The van der Waals surface area contributed by atoms with Gasteiger partial charge in [0.05, 0.1) is 29.3 Å². The van der Waals surface area contributed by atoms with Crippen molar-refractivity contribution >= 4 is 24.2 Å². The number of nitrogens with zero attached hydrogens (tertiary/aromatic N) is 2. The zero-order chi connectivity index (χ0) is 40.2. The van der Waals surface area contributed by atoms with Gasteiger partial charge in [-0.1, -0.05) is 51.0 Å². The highest BCUT2D eigenvalue weighted by Gasteiger charge is 2.45. The van der Waals surface area contributed by atoms with E-state index < -0.39 is 47.0 Å². The average Bonchev–Trinajstić information content (AvgIpc) is 3.97. The van der Waals surface area contributed by atoms with E-state index >= 15 is 0 Å². The van der Waals surface area contributed by atoms with E-state index in [4.69, 9.17) is 0 Å². The molecule has 13 heteroatoms. The summed E-state index contributed by atoms with van der Waals surface area (Å²) in [5.74, 6) is -2.51. The fourth-order valence-electron chi connectivity index (χ4n) is 7.87. The monoisotopic (exact) mass is 808 g/mol. The van der Waals surface area contributed by atoms with Crippen molar-refractivity contribution in [3.05, 3.63) is 129 Å². The van der Waals surface area contributed by atoms with Gasteiger partial charge in [-0.2, -0.15) is 18.4 Å². The van der Waals surface area contributed by atoms with Gasteiger partial charge in [0.15, 0.2) is 0 Å². The maximum Gasteiger partial charge on any atom is 0.416 e. The maximum atomic E-state index is 14.5. The van der Waals surface area contributed by atoms with E-state index in [1.165, 1.54) is 6.07 Å². The molecule has 0 unspecified atom stereocenters. The number of carbonyl (C=O) groups excluding carboxylic acids is 2. The number of rotatable bonds is 15. The molecule has 302 valence electrons. The average molecular weight is 809 g/mol. The smallest absolute Gasteiger partial charge is 0.390 e. The molecule has 1 aliphatic carbocycles. The van der Waals surface area contributed by atoms with Gasteiger partial charge in [-0.3, -0.25) is 9.59 Å². The first-order valence-corrected chi connectivity index (χ1v) is 19.1. The van der Waals surface area contributed by atoms with E-state index in [-0.39, 0.29) is 48.4 Å². The minimum atomic E-state index is -4.54. The van der Waals surface area contributed by atoms with E-state index in [2.05, 4.69) is 30.6 Å². The van der Waals surface area contributed by atoms with Gasteiger partial charge in [0.25, 0.3) is 11.8 Å². The quantitative estimate of drug-likeness (QED) is 0.104. The van der Waals surface area contributed by atoms with Crippen molar-refractivity contribution in [3.8, 4) is 17.2 Å². The van der Waals surface area contributed by atoms with Crippen molar-refractivity contribution < 1.29 is 36.6 Å². The number of amides is 2. The van der Waals surface area contributed by atoms with Gasteiger partial charge in [0, 0.05) is 41.9 Å². The van der Waals surface area contributed by atoms with Crippen LogP contribution in [0, 0.1) is 23.0 Å². The molecule has 2 aliphatic rings. The first kappa shape index (κ1) is 43.3. The van der Waals surface area contributed by atoms with Gasteiger partial charge < -0.3 is 20.6 Å². The number of aliphatic hydroxyl groups excluding tert-OH is 1. The lowest BCUT2D eigenvalue weighted by atomic mass is 9.87. The fourth-order valence-corrected chi connectivity index (χ4v) is 7.87. The summed E-state index contributed by atoms with van der Waals surface area (Å²) in [6, 6.07) is 19.2. The van der Waals surface area contributed by atoms with Crippen LogP contribution in [0.4, 0.5) is 22.0 Å². The molecule has 1 saturated carbocycles. The molecule has 0 radical (unpaired) electrons. The molecule has 3 N–H and O–H groups in total. The first-order chi connectivity index (χ1) is 26.7. The van der Waals surface area contributed by atoms with Crippen LogP contribution < -0.4 is 10.6 Å². The molecule has 4 aromatic rings. The summed E-state index contributed by atoms with van der Waals surface area (Å²) in [6.45, 7) is 4.38. The summed E-state index contributed by atoms with van der Waals surface area (Å²) in [7, 11) is 0. The molecule has 1 aliphatic heterocycles. The Morgan fingerprint density at radius 1 is 0.947 bits per heavy atom. The lowest BCUT2D eigenvalue weighted by molar-refractivity contribution is -0.137. The van der Waals surface area contributed by atoms with Gasteiger partial charge in [0.1, 0.15) is 11.6 Å². The minimum absolute atomic E-state index is 0. The van der Waals surface area contributed by atoms with Crippen LogP contribution in [-0.4, -0.2) is 53.1 Å². The molecular weight excluding hydrogens is 763 g/mol. The van der Waals surface area contributed by atoms with E-state index in [1.807, 2.05) is 4.90 Å². The highest BCUT2D eigenvalue weighted by molar-refractivity contribution is 6.05. The van der Waals surface area contributed by atoms with Crippen molar-refractivity contribution in [2.75, 3.05) is 13.1 Å². The number of nitrogens with one attached hydrogen (secondary N) is 2. The maximum absolute atomic E-state index is 14.5. The Hall–Kier alpha value is -4.83. The molecule has 7 nitrogen and oxygen atoms in total. The normalized spacial score (nSPS) is 15.6. The highest BCUT2D eigenvalue weighted by Crippen LogP contribution is 2.46. The third kappa shape index (κ3) is 10.0. The SMILES string of the molecule is CCCC(CCC)N1CCc2c(C(=O)N[C@@H](Cc3cc(F)cc(F)c3)[C@@H](O)CNC3(c4cccc(C(F)(F)F)c4)CC3)cc(-c3cccc(C#N)c3)cc2C1=O.Cl. The zero-order valence-electron chi connectivity index (χ0n) is 31.8. The van der Waals surface area contributed by atoms with Crippen LogP contribution in [0.25, 0.3) is 11.1 Å². The number of alkyl halides is 3. The summed E-state index contributed by atoms with van der Waals surface area (Å²) < 4.78 is 69.3. The van der Waals surface area contributed by atoms with Crippen LogP contribution in [0.15, 0.2) is 78.9 Å². The number of aliphatic hydroxyl groups is 1. The third-order valence-corrected chi connectivity index (χ3v) is 10.9. The van der Waals surface area contributed by atoms with Crippen molar-refractivity contribution in [1.29, 1.82) is 5.26 Å². The predicted octanol–water partition coefficient (Wildman–Crippen LogP) is 8.89. The highest BCUT2D eigenvalue weighted by atomic mass is 35.5. The number of nitriles is 1. The predicted molar refractivity (Wildman–Crippen MR) is 210 cm³/mol. The molecule has 0 bridgehead atoms. The number of hydrogen-bond acceptors (Lipinski definition) is 5. The van der Waals surface area contributed by atoms with Crippen LogP contribution >= 0.6 is 12.4 Å². The molecule has 2 amide bonds. The van der Waals surface area contributed by atoms with Gasteiger partial charge in [-0.05, 0) is 115 Å². The Bertz CT molecular complexity index is 2110. The summed E-state index contributed by atoms with van der Waals surface area (Å²) in [5.41, 5.74) is 1.58.